The number of benzene rings is 3. The standard InChI is InChI=1S/C28H30N4O6/c1-4-37-25-15-20(17-29-32-28(35)27(34)30-19(2)21-9-6-5-7-10-21)13-14-24(25)38-18-26(33)31-22-11-8-12-23(16-22)36-3/h5-17,19H,4,18H2,1-3H3,(H,30,34)(H,31,33)(H,32,35). The molecule has 10 nitrogen and oxygen atoms in total. The Labute approximate surface area is 221 Å². The molecule has 1 unspecified atom stereocenters. The van der Waals surface area contributed by atoms with Crippen molar-refractivity contribution in [3.8, 4) is 17.2 Å². The number of amides is 3. The third-order valence-electron chi connectivity index (χ3n) is 5.21. The van der Waals surface area contributed by atoms with Crippen molar-refractivity contribution in [1.82, 2.24) is 10.7 Å². The third kappa shape index (κ3) is 8.37. The van der Waals surface area contributed by atoms with Gasteiger partial charge in [-0.25, -0.2) is 5.43 Å². The summed E-state index contributed by atoms with van der Waals surface area (Å²) in [6, 6.07) is 20.9. The van der Waals surface area contributed by atoms with Gasteiger partial charge in [-0.15, -0.1) is 0 Å². The molecule has 38 heavy (non-hydrogen) atoms. The number of ether oxygens (including phenoxy) is 3. The maximum Gasteiger partial charge on any atom is 0.329 e. The van der Waals surface area contributed by atoms with Crippen molar-refractivity contribution in [3.63, 3.8) is 0 Å². The molecular formula is C28H30N4O6. The minimum atomic E-state index is -0.893. The Balaban J connectivity index is 1.54. The van der Waals surface area contributed by atoms with Gasteiger partial charge in [-0.3, -0.25) is 14.4 Å². The van der Waals surface area contributed by atoms with Crippen LogP contribution in [0.15, 0.2) is 77.9 Å². The van der Waals surface area contributed by atoms with E-state index in [0.717, 1.165) is 5.56 Å². The van der Waals surface area contributed by atoms with Gasteiger partial charge in [0.1, 0.15) is 5.75 Å². The summed E-state index contributed by atoms with van der Waals surface area (Å²) in [7, 11) is 1.55. The van der Waals surface area contributed by atoms with Gasteiger partial charge >= 0.3 is 11.8 Å². The SMILES string of the molecule is CCOc1cc(C=NNC(=O)C(=O)NC(C)c2ccccc2)ccc1OCC(=O)Nc1cccc(OC)c1. The normalized spacial score (nSPS) is 11.3. The van der Waals surface area contributed by atoms with Crippen LogP contribution >= 0.6 is 0 Å². The number of nitrogens with zero attached hydrogens (tertiary/aromatic N) is 1. The zero-order valence-corrected chi connectivity index (χ0v) is 21.4. The topological polar surface area (TPSA) is 127 Å². The molecule has 1 atom stereocenters. The van der Waals surface area contributed by atoms with E-state index in [1.54, 1.807) is 56.5 Å². The van der Waals surface area contributed by atoms with Gasteiger partial charge in [-0.1, -0.05) is 36.4 Å². The third-order valence-corrected chi connectivity index (χ3v) is 5.21. The average Bonchev–Trinajstić information content (AvgIpc) is 2.93. The Hall–Kier alpha value is -4.86. The number of carbonyl (C=O) groups excluding carboxylic acids is 3. The molecule has 0 aliphatic rings. The molecule has 3 amide bonds. The highest BCUT2D eigenvalue weighted by Crippen LogP contribution is 2.28. The van der Waals surface area contributed by atoms with E-state index in [9.17, 15) is 14.4 Å². The van der Waals surface area contributed by atoms with E-state index in [1.165, 1.54) is 6.21 Å². The number of hydrogen-bond donors (Lipinski definition) is 3. The molecule has 0 aliphatic carbocycles. The Morgan fingerprint density at radius 1 is 0.921 bits per heavy atom. The second-order valence-electron chi connectivity index (χ2n) is 8.01. The Morgan fingerprint density at radius 2 is 1.71 bits per heavy atom. The predicted molar refractivity (Wildman–Crippen MR) is 143 cm³/mol. The molecule has 0 spiro atoms. The van der Waals surface area contributed by atoms with Gasteiger partial charge in [0.2, 0.25) is 0 Å². The molecular weight excluding hydrogens is 488 g/mol. The van der Waals surface area contributed by atoms with Gasteiger partial charge in [0.05, 0.1) is 26.0 Å². The molecule has 3 aromatic carbocycles. The fourth-order valence-corrected chi connectivity index (χ4v) is 3.34. The second kappa shape index (κ2) is 14.0. The van der Waals surface area contributed by atoms with Crippen molar-refractivity contribution in [2.24, 2.45) is 5.10 Å². The first kappa shape index (κ1) is 27.7. The lowest BCUT2D eigenvalue weighted by molar-refractivity contribution is -0.139. The lowest BCUT2D eigenvalue weighted by atomic mass is 10.1. The van der Waals surface area contributed by atoms with Crippen LogP contribution < -0.4 is 30.3 Å². The van der Waals surface area contributed by atoms with Gasteiger partial charge < -0.3 is 24.8 Å². The maximum absolute atomic E-state index is 12.3. The van der Waals surface area contributed by atoms with Gasteiger partial charge in [0, 0.05) is 11.8 Å². The van der Waals surface area contributed by atoms with Crippen LogP contribution in [0.2, 0.25) is 0 Å². The van der Waals surface area contributed by atoms with E-state index in [4.69, 9.17) is 14.2 Å². The zero-order chi connectivity index (χ0) is 27.3. The number of methoxy groups -OCH3 is 1. The van der Waals surface area contributed by atoms with Crippen LogP contribution in [-0.2, 0) is 14.4 Å². The van der Waals surface area contributed by atoms with Crippen LogP contribution in [0.1, 0.15) is 31.0 Å². The van der Waals surface area contributed by atoms with Crippen molar-refractivity contribution in [1.29, 1.82) is 0 Å². The quantitative estimate of drug-likeness (QED) is 0.203. The molecule has 0 aromatic heterocycles. The number of anilines is 1. The van der Waals surface area contributed by atoms with Gasteiger partial charge in [-0.2, -0.15) is 5.10 Å². The summed E-state index contributed by atoms with van der Waals surface area (Å²) in [5, 5.41) is 9.21. The summed E-state index contributed by atoms with van der Waals surface area (Å²) in [4.78, 5) is 36.6. The van der Waals surface area contributed by atoms with Gasteiger partial charge in [0.25, 0.3) is 5.91 Å². The number of hydrazone groups is 1. The van der Waals surface area contributed by atoms with Crippen molar-refractivity contribution >= 4 is 29.6 Å². The molecule has 0 heterocycles. The number of nitrogens with one attached hydrogen (secondary N) is 3. The number of rotatable bonds is 11. The molecule has 0 saturated carbocycles. The second-order valence-corrected chi connectivity index (χ2v) is 8.01. The van der Waals surface area contributed by atoms with Crippen LogP contribution in [0.5, 0.6) is 17.2 Å². The summed E-state index contributed by atoms with van der Waals surface area (Å²) in [5.74, 6) is -0.665. The zero-order valence-electron chi connectivity index (χ0n) is 21.4. The van der Waals surface area contributed by atoms with E-state index >= 15 is 0 Å². The average molecular weight is 519 g/mol. The molecule has 3 N–H and O–H groups in total. The summed E-state index contributed by atoms with van der Waals surface area (Å²) in [6.45, 7) is 3.72. The molecule has 3 rings (SSSR count). The minimum absolute atomic E-state index is 0.239. The predicted octanol–water partition coefficient (Wildman–Crippen LogP) is 3.44. The van der Waals surface area contributed by atoms with Crippen molar-refractivity contribution in [2.75, 3.05) is 25.6 Å². The fraction of sp³-hybridized carbons (Fsp3) is 0.214. The molecule has 198 valence electrons. The molecule has 10 heteroatoms. The lowest BCUT2D eigenvalue weighted by Gasteiger charge is -2.13. The number of carbonyl (C=O) groups is 3. The largest absolute Gasteiger partial charge is 0.497 e. The first-order chi connectivity index (χ1) is 18.4. The van der Waals surface area contributed by atoms with E-state index < -0.39 is 11.8 Å². The van der Waals surface area contributed by atoms with E-state index in [2.05, 4.69) is 21.2 Å². The smallest absolute Gasteiger partial charge is 0.329 e. The van der Waals surface area contributed by atoms with Gasteiger partial charge in [0.15, 0.2) is 18.1 Å². The first-order valence-corrected chi connectivity index (χ1v) is 11.9. The highest BCUT2D eigenvalue weighted by molar-refractivity contribution is 6.35. The van der Waals surface area contributed by atoms with Crippen molar-refractivity contribution in [3.05, 3.63) is 83.9 Å². The van der Waals surface area contributed by atoms with Crippen LogP contribution in [0.4, 0.5) is 5.69 Å². The number of hydrogen-bond acceptors (Lipinski definition) is 7. The van der Waals surface area contributed by atoms with Crippen LogP contribution in [-0.4, -0.2) is 44.3 Å². The van der Waals surface area contributed by atoms with Gasteiger partial charge in [-0.05, 0) is 55.3 Å². The summed E-state index contributed by atoms with van der Waals surface area (Å²) < 4.78 is 16.4. The van der Waals surface area contributed by atoms with E-state index in [-0.39, 0.29) is 18.6 Å². The highest BCUT2D eigenvalue weighted by Gasteiger charge is 2.16. The molecule has 3 aromatic rings. The summed E-state index contributed by atoms with van der Waals surface area (Å²) in [5.41, 5.74) is 4.25. The van der Waals surface area contributed by atoms with E-state index in [0.29, 0.717) is 35.1 Å². The van der Waals surface area contributed by atoms with E-state index in [1.807, 2.05) is 37.3 Å². The summed E-state index contributed by atoms with van der Waals surface area (Å²) >= 11 is 0. The summed E-state index contributed by atoms with van der Waals surface area (Å²) in [6.07, 6.45) is 1.37. The maximum atomic E-state index is 12.3. The first-order valence-electron chi connectivity index (χ1n) is 11.9. The fourth-order valence-electron chi connectivity index (χ4n) is 3.34. The molecule has 0 radical (unpaired) electrons. The molecule has 0 aliphatic heterocycles. The minimum Gasteiger partial charge on any atom is -0.497 e. The van der Waals surface area contributed by atoms with Crippen molar-refractivity contribution < 1.29 is 28.6 Å². The molecule has 0 saturated heterocycles. The van der Waals surface area contributed by atoms with Crippen LogP contribution in [0.3, 0.4) is 0 Å². The molecule has 0 fully saturated rings. The van der Waals surface area contributed by atoms with Crippen molar-refractivity contribution in [2.45, 2.75) is 19.9 Å². The lowest BCUT2D eigenvalue weighted by Crippen LogP contribution is -2.39. The molecule has 0 bridgehead atoms. The van der Waals surface area contributed by atoms with Crippen LogP contribution in [0.25, 0.3) is 0 Å². The Morgan fingerprint density at radius 3 is 2.45 bits per heavy atom. The highest BCUT2D eigenvalue weighted by atomic mass is 16.5. The van der Waals surface area contributed by atoms with Crippen LogP contribution in [0, 0.1) is 0 Å². The monoisotopic (exact) mass is 518 g/mol. The Bertz CT molecular complexity index is 1280. The Kier molecular flexibility index (Phi) is 10.2.